The normalized spacial score (nSPS) is 25.2. The van der Waals surface area contributed by atoms with Gasteiger partial charge >= 0.3 is 0 Å². The minimum atomic E-state index is 0. The molecule has 5 nitrogen and oxygen atoms in total. The highest BCUT2D eigenvalue weighted by atomic mass is 35.5. The van der Waals surface area contributed by atoms with Crippen LogP contribution in [-0.2, 0) is 19.3 Å². The first-order valence-electron chi connectivity index (χ1n) is 10.5. The lowest BCUT2D eigenvalue weighted by atomic mass is 9.99. The van der Waals surface area contributed by atoms with Gasteiger partial charge in [0.05, 0.1) is 5.69 Å². The molecular formula is C22H29ClN4O. The summed E-state index contributed by atoms with van der Waals surface area (Å²) in [5, 5.41) is 11.7. The molecule has 3 aliphatic rings. The monoisotopic (exact) mass is 400 g/mol. The molecule has 2 saturated heterocycles. The predicted molar refractivity (Wildman–Crippen MR) is 113 cm³/mol. The fraction of sp³-hybridized carbons (Fsp3) is 0.545. The zero-order valence-electron chi connectivity index (χ0n) is 16.4. The molecule has 2 unspecified atom stereocenters. The Balaban J connectivity index is 0.00000192. The highest BCUT2D eigenvalue weighted by Gasteiger charge is 2.35. The smallest absolute Gasteiger partial charge is 0.272 e. The Labute approximate surface area is 172 Å². The van der Waals surface area contributed by atoms with Gasteiger partial charge in [0, 0.05) is 29.4 Å². The van der Waals surface area contributed by atoms with Gasteiger partial charge in [-0.05, 0) is 69.1 Å². The van der Waals surface area contributed by atoms with Crippen LogP contribution in [0.15, 0.2) is 24.3 Å². The van der Waals surface area contributed by atoms with Crippen LogP contribution in [0.2, 0.25) is 0 Å². The second-order valence-corrected chi connectivity index (χ2v) is 8.34. The summed E-state index contributed by atoms with van der Waals surface area (Å²) in [5.41, 5.74) is 5.40. The van der Waals surface area contributed by atoms with Crippen LogP contribution in [0.4, 0.5) is 0 Å². The lowest BCUT2D eigenvalue weighted by molar-refractivity contribution is 0.0917. The third kappa shape index (κ3) is 3.46. The summed E-state index contributed by atoms with van der Waals surface area (Å²) in [5.74, 6) is 0.0170. The number of piperidine rings is 1. The van der Waals surface area contributed by atoms with Crippen molar-refractivity contribution in [2.45, 2.75) is 76.4 Å². The van der Waals surface area contributed by atoms with Gasteiger partial charge in [-0.2, -0.15) is 5.10 Å². The number of hydrogen-bond acceptors (Lipinski definition) is 3. The fourth-order valence-electron chi connectivity index (χ4n) is 5.14. The van der Waals surface area contributed by atoms with Crippen LogP contribution < -0.4 is 10.6 Å². The first kappa shape index (κ1) is 19.5. The van der Waals surface area contributed by atoms with Gasteiger partial charge in [0.15, 0.2) is 5.69 Å². The van der Waals surface area contributed by atoms with E-state index in [1.54, 1.807) is 0 Å². The van der Waals surface area contributed by atoms with E-state index in [0.717, 1.165) is 49.8 Å². The molecule has 28 heavy (non-hydrogen) atoms. The number of nitrogens with one attached hydrogen (secondary N) is 2. The summed E-state index contributed by atoms with van der Waals surface area (Å²) in [6.45, 7) is 2.16. The Morgan fingerprint density at radius 2 is 1.89 bits per heavy atom. The van der Waals surface area contributed by atoms with E-state index >= 15 is 0 Å². The molecule has 6 heteroatoms. The topological polar surface area (TPSA) is 59.0 Å². The number of carbonyl (C=O) groups excluding carboxylic acids is 1. The maximum absolute atomic E-state index is 13.0. The van der Waals surface area contributed by atoms with E-state index in [-0.39, 0.29) is 24.4 Å². The van der Waals surface area contributed by atoms with E-state index in [4.69, 9.17) is 5.10 Å². The summed E-state index contributed by atoms with van der Waals surface area (Å²) in [4.78, 5) is 13.0. The van der Waals surface area contributed by atoms with E-state index in [1.807, 2.05) is 4.68 Å². The number of aromatic nitrogens is 2. The average Bonchev–Trinajstić information content (AvgIpc) is 3.37. The molecule has 2 bridgehead atoms. The highest BCUT2D eigenvalue weighted by Crippen LogP contribution is 2.30. The third-order valence-corrected chi connectivity index (χ3v) is 6.54. The molecule has 0 radical (unpaired) electrons. The van der Waals surface area contributed by atoms with Crippen molar-refractivity contribution < 1.29 is 4.79 Å². The summed E-state index contributed by atoms with van der Waals surface area (Å²) in [6.07, 6.45) is 8.68. The van der Waals surface area contributed by atoms with Crippen molar-refractivity contribution >= 4 is 18.3 Å². The van der Waals surface area contributed by atoms with Crippen molar-refractivity contribution in [1.82, 2.24) is 20.4 Å². The molecule has 5 rings (SSSR count). The van der Waals surface area contributed by atoms with Crippen molar-refractivity contribution in [3.63, 3.8) is 0 Å². The van der Waals surface area contributed by atoms with Crippen LogP contribution >= 0.6 is 12.4 Å². The van der Waals surface area contributed by atoms with Crippen LogP contribution in [0.1, 0.15) is 66.3 Å². The summed E-state index contributed by atoms with van der Waals surface area (Å²) in [7, 11) is 0. The van der Waals surface area contributed by atoms with E-state index in [1.165, 1.54) is 24.1 Å². The van der Waals surface area contributed by atoms with Gasteiger partial charge in [-0.1, -0.05) is 19.1 Å². The molecule has 1 amide bonds. The third-order valence-electron chi connectivity index (χ3n) is 6.54. The molecule has 150 valence electrons. The molecule has 2 fully saturated rings. The van der Waals surface area contributed by atoms with Crippen molar-refractivity contribution in [2.75, 3.05) is 0 Å². The number of hydrogen-bond donors (Lipinski definition) is 2. The average molecular weight is 401 g/mol. The Bertz CT molecular complexity index is 848. The number of benzene rings is 1. The molecule has 1 aliphatic carbocycles. The Hall–Kier alpha value is -1.85. The Kier molecular flexibility index (Phi) is 5.48. The van der Waals surface area contributed by atoms with Gasteiger partial charge < -0.3 is 10.6 Å². The molecule has 1 aromatic heterocycles. The zero-order valence-corrected chi connectivity index (χ0v) is 17.2. The summed E-state index contributed by atoms with van der Waals surface area (Å²) >= 11 is 0. The van der Waals surface area contributed by atoms with Crippen LogP contribution in [-0.4, -0.2) is 33.8 Å². The molecule has 0 spiro atoms. The van der Waals surface area contributed by atoms with E-state index < -0.39 is 0 Å². The lowest BCUT2D eigenvalue weighted by Gasteiger charge is -2.29. The number of nitrogens with zero attached hydrogens (tertiary/aromatic N) is 2. The largest absolute Gasteiger partial charge is 0.348 e. The number of fused-ring (bicyclic) bond motifs is 3. The molecule has 3 heterocycles. The quantitative estimate of drug-likeness (QED) is 0.827. The van der Waals surface area contributed by atoms with E-state index in [2.05, 4.69) is 41.8 Å². The maximum Gasteiger partial charge on any atom is 0.272 e. The first-order valence-corrected chi connectivity index (χ1v) is 10.5. The van der Waals surface area contributed by atoms with Crippen LogP contribution in [0, 0.1) is 0 Å². The summed E-state index contributed by atoms with van der Waals surface area (Å²) in [6, 6.07) is 9.99. The standard InChI is InChI=1S/C22H28N4O.ClH/c1-2-14-6-10-18(11-7-14)26-20-5-3-4-19(20)21(25-26)22(27)24-17-12-15-8-9-16(13-17)23-15;/h6-7,10-11,15-17,23H,2-5,8-9,12-13H2,1H3,(H,24,27);1H. The number of halogens is 1. The van der Waals surface area contributed by atoms with Gasteiger partial charge in [0.1, 0.15) is 0 Å². The molecular weight excluding hydrogens is 372 g/mol. The first-order chi connectivity index (χ1) is 13.2. The Morgan fingerprint density at radius 1 is 1.18 bits per heavy atom. The van der Waals surface area contributed by atoms with Crippen LogP contribution in [0.3, 0.4) is 0 Å². The van der Waals surface area contributed by atoms with Gasteiger partial charge in [-0.25, -0.2) is 4.68 Å². The minimum Gasteiger partial charge on any atom is -0.348 e. The number of amides is 1. The van der Waals surface area contributed by atoms with Gasteiger partial charge in [0.2, 0.25) is 0 Å². The van der Waals surface area contributed by atoms with E-state index in [0.29, 0.717) is 17.8 Å². The summed E-state index contributed by atoms with van der Waals surface area (Å²) < 4.78 is 2.00. The number of aryl methyl sites for hydroxylation is 1. The van der Waals surface area contributed by atoms with Crippen LogP contribution in [0.5, 0.6) is 0 Å². The lowest BCUT2D eigenvalue weighted by Crippen LogP contribution is -2.48. The highest BCUT2D eigenvalue weighted by molar-refractivity contribution is 5.94. The van der Waals surface area contributed by atoms with Crippen molar-refractivity contribution in [2.24, 2.45) is 0 Å². The van der Waals surface area contributed by atoms with Gasteiger partial charge in [0.25, 0.3) is 5.91 Å². The SMILES string of the molecule is CCc1ccc(-n2nc(C(=O)NC3CC4CCC(C3)N4)c3c2CCC3)cc1.Cl. The molecule has 2 aliphatic heterocycles. The molecule has 2 N–H and O–H groups in total. The number of carbonyl (C=O) groups is 1. The second-order valence-electron chi connectivity index (χ2n) is 8.34. The van der Waals surface area contributed by atoms with E-state index in [9.17, 15) is 4.79 Å². The molecule has 2 aromatic rings. The molecule has 2 atom stereocenters. The minimum absolute atomic E-state index is 0. The molecule has 1 aromatic carbocycles. The van der Waals surface area contributed by atoms with Crippen molar-refractivity contribution in [3.8, 4) is 5.69 Å². The van der Waals surface area contributed by atoms with Crippen molar-refractivity contribution in [1.29, 1.82) is 0 Å². The second kappa shape index (κ2) is 7.88. The Morgan fingerprint density at radius 3 is 2.57 bits per heavy atom. The predicted octanol–water partition coefficient (Wildman–Crippen LogP) is 3.36. The van der Waals surface area contributed by atoms with Gasteiger partial charge in [-0.15, -0.1) is 12.4 Å². The van der Waals surface area contributed by atoms with Crippen molar-refractivity contribution in [3.05, 3.63) is 46.8 Å². The fourth-order valence-corrected chi connectivity index (χ4v) is 5.14. The zero-order chi connectivity index (χ0) is 18.4. The maximum atomic E-state index is 13.0. The number of rotatable bonds is 4. The van der Waals surface area contributed by atoms with Gasteiger partial charge in [-0.3, -0.25) is 4.79 Å². The van der Waals surface area contributed by atoms with Crippen LogP contribution in [0.25, 0.3) is 5.69 Å². The molecule has 0 saturated carbocycles.